The molecule has 1 amide bonds. The van der Waals surface area contributed by atoms with Crippen molar-refractivity contribution in [1.29, 1.82) is 0 Å². The number of benzene rings is 1. The van der Waals surface area contributed by atoms with Crippen molar-refractivity contribution in [2.24, 2.45) is 0 Å². The maximum absolute atomic E-state index is 11.6. The van der Waals surface area contributed by atoms with E-state index in [9.17, 15) is 4.79 Å². The minimum Gasteiger partial charge on any atom is -0.351 e. The van der Waals surface area contributed by atoms with Gasteiger partial charge in [-0.15, -0.1) is 0 Å². The van der Waals surface area contributed by atoms with Crippen molar-refractivity contribution >= 4 is 40.1 Å². The topological polar surface area (TPSA) is 29.1 Å². The van der Waals surface area contributed by atoms with Crippen molar-refractivity contribution < 1.29 is 4.79 Å². The Bertz CT molecular complexity index is 341. The lowest BCUT2D eigenvalue weighted by molar-refractivity contribution is 0.0956. The second kappa shape index (κ2) is 5.56. The van der Waals surface area contributed by atoms with Gasteiger partial charge in [-0.2, -0.15) is 0 Å². The number of hydrogen-bond donors (Lipinski definition) is 1. The molecular weight excluding hydrogens is 312 g/mol. The van der Waals surface area contributed by atoms with E-state index in [2.05, 4.69) is 27.9 Å². The summed E-state index contributed by atoms with van der Waals surface area (Å²) in [6.07, 6.45) is 0. The number of carbonyl (C=O) groups is 1. The molecule has 0 heterocycles. The summed E-state index contributed by atoms with van der Waals surface area (Å²) in [7, 11) is 0. The van der Waals surface area contributed by atoms with Gasteiger partial charge in [0, 0.05) is 21.6 Å². The van der Waals surface area contributed by atoms with Gasteiger partial charge in [-0.3, -0.25) is 4.79 Å². The molecule has 0 radical (unpaired) electrons. The van der Waals surface area contributed by atoms with E-state index in [1.807, 2.05) is 6.92 Å². The van der Waals surface area contributed by atoms with Crippen LogP contribution in [0.25, 0.3) is 0 Å². The first-order valence-electron chi connectivity index (χ1n) is 4.26. The van der Waals surface area contributed by atoms with E-state index in [-0.39, 0.29) is 5.91 Å². The van der Waals surface area contributed by atoms with Crippen molar-refractivity contribution in [2.45, 2.75) is 6.92 Å². The van der Waals surface area contributed by atoms with Crippen LogP contribution in [-0.4, -0.2) is 16.9 Å². The smallest absolute Gasteiger partial charge is 0.251 e. The van der Waals surface area contributed by atoms with E-state index in [4.69, 9.17) is 11.6 Å². The highest BCUT2D eigenvalue weighted by molar-refractivity contribution is 14.1. The monoisotopic (exact) mass is 323 g/mol. The Kier molecular flexibility index (Phi) is 4.68. The van der Waals surface area contributed by atoms with Crippen LogP contribution in [0.15, 0.2) is 18.2 Å². The number of hydrogen-bond acceptors (Lipinski definition) is 1. The minimum absolute atomic E-state index is 0.0540. The highest BCUT2D eigenvalue weighted by Gasteiger charge is 2.09. The number of alkyl halides is 1. The van der Waals surface area contributed by atoms with Crippen LogP contribution >= 0.6 is 34.2 Å². The lowest BCUT2D eigenvalue weighted by atomic mass is 10.1. The molecule has 2 nitrogen and oxygen atoms in total. The zero-order valence-corrected chi connectivity index (χ0v) is 10.7. The number of amides is 1. The van der Waals surface area contributed by atoms with Gasteiger partial charge in [-0.05, 0) is 24.6 Å². The second-order valence-corrected chi connectivity index (χ2v) is 4.34. The molecule has 1 rings (SSSR count). The molecule has 0 aliphatic heterocycles. The van der Waals surface area contributed by atoms with Gasteiger partial charge in [0.05, 0.1) is 0 Å². The summed E-state index contributed by atoms with van der Waals surface area (Å²) in [6.45, 7) is 2.53. The summed E-state index contributed by atoms with van der Waals surface area (Å²) in [6, 6.07) is 5.35. The highest BCUT2D eigenvalue weighted by Crippen LogP contribution is 2.18. The average molecular weight is 324 g/mol. The van der Waals surface area contributed by atoms with Crippen LogP contribution in [-0.2, 0) is 0 Å². The third kappa shape index (κ3) is 2.85. The van der Waals surface area contributed by atoms with Crippen LogP contribution in [0, 0.1) is 6.92 Å². The van der Waals surface area contributed by atoms with E-state index < -0.39 is 0 Å². The summed E-state index contributed by atoms with van der Waals surface area (Å²) in [4.78, 5) is 11.6. The van der Waals surface area contributed by atoms with Crippen LogP contribution < -0.4 is 5.32 Å². The Hall–Kier alpha value is -0.290. The van der Waals surface area contributed by atoms with Crippen LogP contribution in [0.3, 0.4) is 0 Å². The third-order valence-corrected chi connectivity index (χ3v) is 2.84. The van der Waals surface area contributed by atoms with E-state index in [1.54, 1.807) is 18.2 Å². The molecule has 0 aliphatic rings. The van der Waals surface area contributed by atoms with Crippen LogP contribution in [0.4, 0.5) is 0 Å². The Labute approximate surface area is 102 Å². The molecule has 0 atom stereocenters. The molecule has 0 fully saturated rings. The number of halogens is 2. The predicted octanol–water partition coefficient (Wildman–Crippen LogP) is 2.81. The van der Waals surface area contributed by atoms with E-state index in [0.717, 1.165) is 9.99 Å². The summed E-state index contributed by atoms with van der Waals surface area (Å²) >= 11 is 8.13. The van der Waals surface area contributed by atoms with E-state index >= 15 is 0 Å². The molecule has 0 aromatic heterocycles. The Morgan fingerprint density at radius 1 is 1.57 bits per heavy atom. The number of nitrogens with one attached hydrogen (secondary N) is 1. The summed E-state index contributed by atoms with van der Waals surface area (Å²) in [5, 5.41) is 3.44. The molecule has 0 unspecified atom stereocenters. The zero-order chi connectivity index (χ0) is 10.6. The largest absolute Gasteiger partial charge is 0.351 e. The molecule has 14 heavy (non-hydrogen) atoms. The molecule has 4 heteroatoms. The van der Waals surface area contributed by atoms with Crippen LogP contribution in [0.5, 0.6) is 0 Å². The third-order valence-electron chi connectivity index (χ3n) is 1.89. The minimum atomic E-state index is -0.0540. The van der Waals surface area contributed by atoms with E-state index in [0.29, 0.717) is 17.1 Å². The van der Waals surface area contributed by atoms with Crippen molar-refractivity contribution in [3.8, 4) is 0 Å². The fourth-order valence-electron chi connectivity index (χ4n) is 1.11. The lowest BCUT2D eigenvalue weighted by Crippen LogP contribution is -2.25. The Morgan fingerprint density at radius 3 is 2.93 bits per heavy atom. The fourth-order valence-corrected chi connectivity index (χ4v) is 1.55. The first-order chi connectivity index (χ1) is 6.66. The standard InChI is InChI=1S/C10H11ClINO/c1-7-8(3-2-4-9(7)11)10(14)13-6-5-12/h2-4H,5-6H2,1H3,(H,13,14). The van der Waals surface area contributed by atoms with Crippen molar-refractivity contribution in [1.82, 2.24) is 5.32 Å². The molecular formula is C10H11ClINO. The average Bonchev–Trinajstić information content (AvgIpc) is 2.18. The van der Waals surface area contributed by atoms with Crippen molar-refractivity contribution in [3.63, 3.8) is 0 Å². The molecule has 0 saturated heterocycles. The fraction of sp³-hybridized carbons (Fsp3) is 0.300. The lowest BCUT2D eigenvalue weighted by Gasteiger charge is -2.07. The van der Waals surface area contributed by atoms with Crippen LogP contribution in [0.1, 0.15) is 15.9 Å². The molecule has 1 aromatic rings. The van der Waals surface area contributed by atoms with E-state index in [1.165, 1.54) is 0 Å². The maximum Gasteiger partial charge on any atom is 0.251 e. The molecule has 1 aromatic carbocycles. The molecule has 0 spiro atoms. The number of rotatable bonds is 3. The van der Waals surface area contributed by atoms with Gasteiger partial charge in [-0.25, -0.2) is 0 Å². The Morgan fingerprint density at radius 2 is 2.29 bits per heavy atom. The molecule has 1 N–H and O–H groups in total. The number of carbonyl (C=O) groups excluding carboxylic acids is 1. The first-order valence-corrected chi connectivity index (χ1v) is 6.16. The highest BCUT2D eigenvalue weighted by atomic mass is 127. The van der Waals surface area contributed by atoms with Gasteiger partial charge in [0.15, 0.2) is 0 Å². The zero-order valence-electron chi connectivity index (χ0n) is 7.81. The van der Waals surface area contributed by atoms with Crippen molar-refractivity contribution in [3.05, 3.63) is 34.3 Å². The Balaban J connectivity index is 2.84. The second-order valence-electron chi connectivity index (χ2n) is 2.86. The SMILES string of the molecule is Cc1c(Cl)cccc1C(=O)NCCI. The summed E-state index contributed by atoms with van der Waals surface area (Å²) in [5.74, 6) is -0.0540. The molecule has 76 valence electrons. The van der Waals surface area contributed by atoms with Crippen LogP contribution in [0.2, 0.25) is 5.02 Å². The molecule has 0 bridgehead atoms. The molecule has 0 saturated carbocycles. The normalized spacial score (nSPS) is 9.93. The van der Waals surface area contributed by atoms with Gasteiger partial charge in [0.25, 0.3) is 5.91 Å². The van der Waals surface area contributed by atoms with Gasteiger partial charge < -0.3 is 5.32 Å². The quantitative estimate of drug-likeness (QED) is 0.672. The maximum atomic E-state index is 11.6. The van der Waals surface area contributed by atoms with Crippen molar-refractivity contribution in [2.75, 3.05) is 11.0 Å². The molecule has 0 aliphatic carbocycles. The van der Waals surface area contributed by atoms with Gasteiger partial charge in [0.1, 0.15) is 0 Å². The van der Waals surface area contributed by atoms with Gasteiger partial charge in [-0.1, -0.05) is 40.3 Å². The summed E-state index contributed by atoms with van der Waals surface area (Å²) < 4.78 is 0.906. The predicted molar refractivity (Wildman–Crippen MR) is 67.4 cm³/mol. The summed E-state index contributed by atoms with van der Waals surface area (Å²) in [5.41, 5.74) is 1.49. The van der Waals surface area contributed by atoms with Gasteiger partial charge >= 0.3 is 0 Å². The van der Waals surface area contributed by atoms with Gasteiger partial charge in [0.2, 0.25) is 0 Å². The first kappa shape index (κ1) is 11.8.